The molecule has 2 nitrogen and oxygen atoms in total. The SMILES string of the molecule is c1ccc2c(c1)ccc[n+]2-c1ccc2[nH]c3ccccc3c2c1. The number of hydrogen-bond acceptors (Lipinski definition) is 0. The highest BCUT2D eigenvalue weighted by molar-refractivity contribution is 6.07. The molecule has 0 saturated carbocycles. The molecule has 0 aliphatic rings. The minimum atomic E-state index is 1.18. The monoisotopic (exact) mass is 295 g/mol. The highest BCUT2D eigenvalue weighted by Gasteiger charge is 2.13. The maximum Gasteiger partial charge on any atom is 0.218 e. The zero-order chi connectivity index (χ0) is 15.2. The molecule has 0 bridgehead atoms. The van der Waals surface area contributed by atoms with E-state index in [1.165, 1.54) is 38.4 Å². The van der Waals surface area contributed by atoms with E-state index < -0.39 is 0 Å². The molecule has 0 atom stereocenters. The molecule has 5 rings (SSSR count). The van der Waals surface area contributed by atoms with Crippen molar-refractivity contribution < 1.29 is 4.57 Å². The smallest absolute Gasteiger partial charge is 0.218 e. The Hall–Kier alpha value is -3.13. The Morgan fingerprint density at radius 2 is 1.43 bits per heavy atom. The van der Waals surface area contributed by atoms with Gasteiger partial charge in [0.25, 0.3) is 0 Å². The average Bonchev–Trinajstić information content (AvgIpc) is 2.99. The lowest BCUT2D eigenvalue weighted by atomic mass is 10.1. The number of nitrogens with zero attached hydrogens (tertiary/aromatic N) is 1. The molecule has 0 amide bonds. The van der Waals surface area contributed by atoms with E-state index in [4.69, 9.17) is 0 Å². The lowest BCUT2D eigenvalue weighted by Crippen LogP contribution is -2.30. The van der Waals surface area contributed by atoms with Crippen LogP contribution in [0.5, 0.6) is 0 Å². The third-order valence-electron chi connectivity index (χ3n) is 4.48. The van der Waals surface area contributed by atoms with Crippen LogP contribution in [0.3, 0.4) is 0 Å². The summed E-state index contributed by atoms with van der Waals surface area (Å²) in [5.74, 6) is 0. The molecule has 0 aliphatic heterocycles. The summed E-state index contributed by atoms with van der Waals surface area (Å²) in [5.41, 5.74) is 4.76. The van der Waals surface area contributed by atoms with Crippen LogP contribution in [0.15, 0.2) is 85.1 Å². The van der Waals surface area contributed by atoms with Crippen LogP contribution in [-0.4, -0.2) is 4.98 Å². The van der Waals surface area contributed by atoms with Crippen LogP contribution in [0.2, 0.25) is 0 Å². The van der Waals surface area contributed by atoms with Gasteiger partial charge in [0.2, 0.25) is 11.2 Å². The maximum absolute atomic E-state index is 3.48. The summed E-state index contributed by atoms with van der Waals surface area (Å²) in [4.78, 5) is 3.48. The van der Waals surface area contributed by atoms with Crippen LogP contribution in [0, 0.1) is 0 Å². The van der Waals surface area contributed by atoms with Crippen molar-refractivity contribution in [2.45, 2.75) is 0 Å². The number of benzene rings is 3. The second kappa shape index (κ2) is 4.68. The van der Waals surface area contributed by atoms with Crippen molar-refractivity contribution in [2.24, 2.45) is 0 Å². The first-order chi connectivity index (χ1) is 11.4. The molecule has 2 heteroatoms. The van der Waals surface area contributed by atoms with Gasteiger partial charge in [0.15, 0.2) is 6.20 Å². The van der Waals surface area contributed by atoms with Gasteiger partial charge in [-0.2, -0.15) is 4.57 Å². The topological polar surface area (TPSA) is 19.7 Å². The molecular formula is C21H15N2+. The first kappa shape index (κ1) is 12.4. The highest BCUT2D eigenvalue weighted by Crippen LogP contribution is 2.26. The van der Waals surface area contributed by atoms with Gasteiger partial charge in [0.1, 0.15) is 0 Å². The van der Waals surface area contributed by atoms with Crippen LogP contribution in [0.25, 0.3) is 38.4 Å². The molecule has 2 aromatic heterocycles. The summed E-state index contributed by atoms with van der Waals surface area (Å²) in [6, 6.07) is 27.8. The van der Waals surface area contributed by atoms with Crippen molar-refractivity contribution in [3.63, 3.8) is 0 Å². The van der Waals surface area contributed by atoms with E-state index in [0.29, 0.717) is 0 Å². The van der Waals surface area contributed by atoms with E-state index in [2.05, 4.69) is 94.6 Å². The molecule has 0 unspecified atom stereocenters. The van der Waals surface area contributed by atoms with Gasteiger partial charge in [-0.15, -0.1) is 0 Å². The van der Waals surface area contributed by atoms with Gasteiger partial charge in [-0.3, -0.25) is 0 Å². The molecule has 0 spiro atoms. The summed E-state index contributed by atoms with van der Waals surface area (Å²) in [6.45, 7) is 0. The number of hydrogen-bond donors (Lipinski definition) is 1. The Bertz CT molecular complexity index is 1160. The summed E-state index contributed by atoms with van der Waals surface area (Å²) >= 11 is 0. The lowest BCUT2D eigenvalue weighted by Gasteiger charge is -2.01. The molecule has 2 heterocycles. The van der Waals surface area contributed by atoms with Crippen molar-refractivity contribution in [1.82, 2.24) is 4.98 Å². The predicted octanol–water partition coefficient (Wildman–Crippen LogP) is 4.75. The van der Waals surface area contributed by atoms with Crippen molar-refractivity contribution in [2.75, 3.05) is 0 Å². The number of H-pyrrole nitrogens is 1. The Morgan fingerprint density at radius 3 is 2.43 bits per heavy atom. The largest absolute Gasteiger partial charge is 0.355 e. The van der Waals surface area contributed by atoms with E-state index in [1.807, 2.05) is 0 Å². The number of nitrogens with one attached hydrogen (secondary N) is 1. The molecule has 1 N–H and O–H groups in total. The van der Waals surface area contributed by atoms with Crippen LogP contribution in [0.1, 0.15) is 0 Å². The van der Waals surface area contributed by atoms with Gasteiger partial charge >= 0.3 is 0 Å². The van der Waals surface area contributed by atoms with Gasteiger partial charge in [0.05, 0.1) is 0 Å². The van der Waals surface area contributed by atoms with Gasteiger partial charge in [0, 0.05) is 51.5 Å². The van der Waals surface area contributed by atoms with Crippen molar-refractivity contribution in [3.05, 3.63) is 85.1 Å². The third-order valence-corrected chi connectivity index (χ3v) is 4.48. The second-order valence-corrected chi connectivity index (χ2v) is 5.84. The van der Waals surface area contributed by atoms with Gasteiger partial charge in [-0.1, -0.05) is 30.3 Å². The van der Waals surface area contributed by atoms with E-state index in [1.54, 1.807) is 0 Å². The van der Waals surface area contributed by atoms with E-state index in [9.17, 15) is 0 Å². The fraction of sp³-hybridized carbons (Fsp3) is 0. The maximum atomic E-state index is 3.48. The van der Waals surface area contributed by atoms with Gasteiger partial charge < -0.3 is 4.98 Å². The predicted molar refractivity (Wildman–Crippen MR) is 94.8 cm³/mol. The number of para-hydroxylation sites is 2. The first-order valence-corrected chi connectivity index (χ1v) is 7.80. The Labute approximate surface area is 133 Å². The van der Waals surface area contributed by atoms with Crippen molar-refractivity contribution >= 4 is 32.7 Å². The fourth-order valence-electron chi connectivity index (χ4n) is 3.37. The van der Waals surface area contributed by atoms with Gasteiger partial charge in [-0.25, -0.2) is 0 Å². The molecular weight excluding hydrogens is 280 g/mol. The van der Waals surface area contributed by atoms with Crippen LogP contribution in [-0.2, 0) is 0 Å². The normalized spacial score (nSPS) is 11.5. The van der Waals surface area contributed by atoms with Crippen LogP contribution >= 0.6 is 0 Å². The van der Waals surface area contributed by atoms with Crippen molar-refractivity contribution in [1.29, 1.82) is 0 Å². The lowest BCUT2D eigenvalue weighted by molar-refractivity contribution is -0.567. The first-order valence-electron chi connectivity index (χ1n) is 7.80. The van der Waals surface area contributed by atoms with E-state index in [0.717, 1.165) is 0 Å². The minimum absolute atomic E-state index is 1.18. The number of rotatable bonds is 1. The number of aromatic amines is 1. The molecule has 0 aliphatic carbocycles. The standard InChI is InChI=1S/C21H15N2/c1-4-10-21-15(6-1)7-5-13-23(21)16-11-12-20-18(14-16)17-8-2-3-9-19(17)22-20/h1-14,22H/q+1. The Kier molecular flexibility index (Phi) is 2.53. The molecule has 0 saturated heterocycles. The highest BCUT2D eigenvalue weighted by atomic mass is 15.0. The summed E-state index contributed by atoms with van der Waals surface area (Å²) < 4.78 is 2.25. The van der Waals surface area contributed by atoms with E-state index >= 15 is 0 Å². The molecule has 0 radical (unpaired) electrons. The number of fused-ring (bicyclic) bond motifs is 4. The average molecular weight is 295 g/mol. The molecule has 108 valence electrons. The van der Waals surface area contributed by atoms with Crippen LogP contribution in [0.4, 0.5) is 0 Å². The summed E-state index contributed by atoms with van der Waals surface area (Å²) in [7, 11) is 0. The number of pyridine rings is 1. The van der Waals surface area contributed by atoms with Crippen molar-refractivity contribution in [3.8, 4) is 5.69 Å². The molecule has 3 aromatic carbocycles. The summed E-state index contributed by atoms with van der Waals surface area (Å²) in [5, 5.41) is 3.78. The number of aromatic nitrogens is 2. The second-order valence-electron chi connectivity index (χ2n) is 5.84. The quantitative estimate of drug-likeness (QED) is 0.431. The minimum Gasteiger partial charge on any atom is -0.355 e. The summed E-state index contributed by atoms with van der Waals surface area (Å²) in [6.07, 6.45) is 2.12. The van der Waals surface area contributed by atoms with Crippen LogP contribution < -0.4 is 4.57 Å². The third kappa shape index (κ3) is 1.85. The van der Waals surface area contributed by atoms with Gasteiger partial charge in [-0.05, 0) is 24.3 Å². The zero-order valence-corrected chi connectivity index (χ0v) is 12.5. The Balaban J connectivity index is 1.84. The molecule has 5 aromatic rings. The van der Waals surface area contributed by atoms with E-state index in [-0.39, 0.29) is 0 Å². The molecule has 23 heavy (non-hydrogen) atoms. The zero-order valence-electron chi connectivity index (χ0n) is 12.5. The molecule has 0 fully saturated rings. The fourth-order valence-corrected chi connectivity index (χ4v) is 3.37. The Morgan fingerprint density at radius 1 is 0.652 bits per heavy atom.